The summed E-state index contributed by atoms with van der Waals surface area (Å²) in [5.41, 5.74) is 1.46. The largest absolute Gasteiger partial charge is 0.497 e. The molecule has 0 aliphatic rings. The summed E-state index contributed by atoms with van der Waals surface area (Å²) >= 11 is 1.53. The number of para-hydroxylation sites is 1. The van der Waals surface area contributed by atoms with E-state index in [2.05, 4.69) is 10.3 Å². The predicted molar refractivity (Wildman–Crippen MR) is 118 cm³/mol. The van der Waals surface area contributed by atoms with E-state index >= 15 is 0 Å². The molecule has 0 saturated carbocycles. The van der Waals surface area contributed by atoms with Gasteiger partial charge in [-0.05, 0) is 24.3 Å². The molecule has 2 amide bonds. The molecule has 3 aromatic rings. The molecule has 3 rings (SSSR count). The molecule has 0 bridgehead atoms. The highest BCUT2D eigenvalue weighted by Gasteiger charge is 2.16. The van der Waals surface area contributed by atoms with Crippen molar-refractivity contribution in [1.29, 1.82) is 0 Å². The SMILES string of the molecule is COc1cccc(NC(=O)CN(C)C(=O)COC(=O)CCc2nc3ccccc3s2)c1. The molecule has 0 spiro atoms. The number of hydrogen-bond donors (Lipinski definition) is 1. The number of aryl methyl sites for hydroxylation is 1. The summed E-state index contributed by atoms with van der Waals surface area (Å²) in [6.07, 6.45) is 0.582. The molecule has 1 aromatic heterocycles. The average Bonchev–Trinajstić information content (AvgIpc) is 3.19. The zero-order valence-corrected chi connectivity index (χ0v) is 18.1. The van der Waals surface area contributed by atoms with Crippen molar-refractivity contribution in [3.8, 4) is 5.75 Å². The molecule has 31 heavy (non-hydrogen) atoms. The third kappa shape index (κ3) is 6.51. The zero-order valence-electron chi connectivity index (χ0n) is 17.3. The van der Waals surface area contributed by atoms with Gasteiger partial charge in [0.1, 0.15) is 5.75 Å². The highest BCUT2D eigenvalue weighted by molar-refractivity contribution is 7.18. The number of methoxy groups -OCH3 is 1. The minimum Gasteiger partial charge on any atom is -0.497 e. The van der Waals surface area contributed by atoms with Crippen LogP contribution in [0.15, 0.2) is 48.5 Å². The lowest BCUT2D eigenvalue weighted by molar-refractivity contribution is -0.151. The standard InChI is InChI=1S/C22H23N3O5S/c1-25(13-19(26)23-15-6-5-7-16(12-15)29-2)21(27)14-30-22(28)11-10-20-24-17-8-3-4-9-18(17)31-20/h3-9,12H,10-11,13-14H2,1-2H3,(H,23,26). The van der Waals surface area contributed by atoms with E-state index in [1.807, 2.05) is 24.3 Å². The molecule has 8 nitrogen and oxygen atoms in total. The van der Waals surface area contributed by atoms with Crippen LogP contribution in [0, 0.1) is 0 Å². The van der Waals surface area contributed by atoms with E-state index < -0.39 is 18.5 Å². The molecular weight excluding hydrogens is 418 g/mol. The third-order valence-corrected chi connectivity index (χ3v) is 5.49. The van der Waals surface area contributed by atoms with Crippen molar-refractivity contribution in [1.82, 2.24) is 9.88 Å². The van der Waals surface area contributed by atoms with E-state index in [4.69, 9.17) is 9.47 Å². The van der Waals surface area contributed by atoms with E-state index in [9.17, 15) is 14.4 Å². The maximum Gasteiger partial charge on any atom is 0.306 e. The quantitative estimate of drug-likeness (QED) is 0.513. The maximum absolute atomic E-state index is 12.2. The highest BCUT2D eigenvalue weighted by Crippen LogP contribution is 2.22. The number of benzene rings is 2. The number of esters is 1. The van der Waals surface area contributed by atoms with Crippen LogP contribution in [-0.4, -0.2) is 55.0 Å². The van der Waals surface area contributed by atoms with Crippen molar-refractivity contribution >= 4 is 45.0 Å². The van der Waals surface area contributed by atoms with Gasteiger partial charge in [-0.25, -0.2) is 4.98 Å². The van der Waals surface area contributed by atoms with Crippen molar-refractivity contribution in [3.63, 3.8) is 0 Å². The number of ether oxygens (including phenoxy) is 2. The number of aromatic nitrogens is 1. The van der Waals surface area contributed by atoms with Gasteiger partial charge in [-0.1, -0.05) is 18.2 Å². The van der Waals surface area contributed by atoms with Crippen LogP contribution in [0.1, 0.15) is 11.4 Å². The number of hydrogen-bond acceptors (Lipinski definition) is 7. The fourth-order valence-electron chi connectivity index (χ4n) is 2.77. The normalized spacial score (nSPS) is 10.5. The summed E-state index contributed by atoms with van der Waals surface area (Å²) in [4.78, 5) is 42.0. The molecule has 0 unspecified atom stereocenters. The number of nitrogens with one attached hydrogen (secondary N) is 1. The Morgan fingerprint density at radius 1 is 1.13 bits per heavy atom. The molecule has 0 atom stereocenters. The van der Waals surface area contributed by atoms with Crippen molar-refractivity contribution in [2.75, 3.05) is 32.6 Å². The van der Waals surface area contributed by atoms with Crippen molar-refractivity contribution in [3.05, 3.63) is 53.5 Å². The van der Waals surface area contributed by atoms with Gasteiger partial charge in [-0.15, -0.1) is 11.3 Å². The summed E-state index contributed by atoms with van der Waals surface area (Å²) in [5.74, 6) is -0.706. The summed E-state index contributed by atoms with van der Waals surface area (Å²) in [7, 11) is 3.01. The Morgan fingerprint density at radius 2 is 1.94 bits per heavy atom. The fraction of sp³-hybridized carbons (Fsp3) is 0.273. The summed E-state index contributed by atoms with van der Waals surface area (Å²) < 4.78 is 11.2. The molecule has 2 aromatic carbocycles. The van der Waals surface area contributed by atoms with Gasteiger partial charge in [0.15, 0.2) is 6.61 Å². The van der Waals surface area contributed by atoms with Crippen LogP contribution in [0.3, 0.4) is 0 Å². The van der Waals surface area contributed by atoms with Gasteiger partial charge in [0.2, 0.25) is 5.91 Å². The number of likely N-dealkylation sites (N-methyl/N-ethyl adjacent to an activating group) is 1. The van der Waals surface area contributed by atoms with Gasteiger partial charge in [-0.2, -0.15) is 0 Å². The lowest BCUT2D eigenvalue weighted by Crippen LogP contribution is -2.37. The molecule has 0 aliphatic heterocycles. The van der Waals surface area contributed by atoms with Gasteiger partial charge in [-0.3, -0.25) is 14.4 Å². The summed E-state index contributed by atoms with van der Waals surface area (Å²) in [5, 5.41) is 3.53. The van der Waals surface area contributed by atoms with Gasteiger partial charge in [0.25, 0.3) is 5.91 Å². The number of nitrogens with zero attached hydrogens (tertiary/aromatic N) is 2. The second-order valence-electron chi connectivity index (χ2n) is 6.77. The van der Waals surface area contributed by atoms with Gasteiger partial charge in [0, 0.05) is 25.2 Å². The minimum absolute atomic E-state index is 0.132. The molecule has 0 fully saturated rings. The second-order valence-corrected chi connectivity index (χ2v) is 7.88. The van der Waals surface area contributed by atoms with Crippen LogP contribution in [0.2, 0.25) is 0 Å². The molecule has 0 radical (unpaired) electrons. The van der Waals surface area contributed by atoms with Crippen molar-refractivity contribution in [2.45, 2.75) is 12.8 Å². The van der Waals surface area contributed by atoms with Crippen molar-refractivity contribution in [2.24, 2.45) is 0 Å². The Kier molecular flexibility index (Phi) is 7.55. The van der Waals surface area contributed by atoms with Crippen LogP contribution in [0.5, 0.6) is 5.75 Å². The Bertz CT molecular complexity index is 1050. The first-order valence-electron chi connectivity index (χ1n) is 9.62. The Hall–Kier alpha value is -3.46. The number of rotatable bonds is 9. The van der Waals surface area contributed by atoms with E-state index in [0.717, 1.165) is 15.2 Å². The Balaban J connectivity index is 1.39. The van der Waals surface area contributed by atoms with Gasteiger partial charge < -0.3 is 19.7 Å². The Labute approximate surface area is 183 Å². The van der Waals surface area contributed by atoms with E-state index in [0.29, 0.717) is 17.9 Å². The number of thiazole rings is 1. The van der Waals surface area contributed by atoms with Crippen LogP contribution in [-0.2, 0) is 25.5 Å². The summed E-state index contributed by atoms with van der Waals surface area (Å²) in [6, 6.07) is 14.7. The first kappa shape index (κ1) is 22.2. The van der Waals surface area contributed by atoms with Crippen LogP contribution < -0.4 is 10.1 Å². The average molecular weight is 442 g/mol. The number of fused-ring (bicyclic) bond motifs is 1. The smallest absolute Gasteiger partial charge is 0.306 e. The molecule has 0 aliphatic carbocycles. The molecule has 162 valence electrons. The topological polar surface area (TPSA) is 97.8 Å². The second kappa shape index (κ2) is 10.5. The van der Waals surface area contributed by atoms with E-state index in [1.165, 1.54) is 30.4 Å². The molecule has 1 N–H and O–H groups in total. The Morgan fingerprint density at radius 3 is 2.71 bits per heavy atom. The number of carbonyl (C=O) groups is 3. The monoisotopic (exact) mass is 441 g/mol. The van der Waals surface area contributed by atoms with Gasteiger partial charge in [0.05, 0.1) is 35.3 Å². The fourth-order valence-corrected chi connectivity index (χ4v) is 3.73. The van der Waals surface area contributed by atoms with Crippen LogP contribution in [0.4, 0.5) is 5.69 Å². The summed E-state index contributed by atoms with van der Waals surface area (Å²) in [6.45, 7) is -0.582. The first-order chi connectivity index (χ1) is 14.9. The lowest BCUT2D eigenvalue weighted by Gasteiger charge is -2.17. The maximum atomic E-state index is 12.2. The van der Waals surface area contributed by atoms with E-state index in [-0.39, 0.29) is 18.9 Å². The molecule has 1 heterocycles. The number of amides is 2. The number of carbonyl (C=O) groups excluding carboxylic acids is 3. The predicted octanol–water partition coefficient (Wildman–Crippen LogP) is 2.88. The molecule has 0 saturated heterocycles. The van der Waals surface area contributed by atoms with Crippen LogP contribution >= 0.6 is 11.3 Å². The third-order valence-electron chi connectivity index (χ3n) is 4.40. The first-order valence-corrected chi connectivity index (χ1v) is 10.4. The minimum atomic E-state index is -0.484. The van der Waals surface area contributed by atoms with Crippen LogP contribution in [0.25, 0.3) is 10.2 Å². The zero-order chi connectivity index (χ0) is 22.2. The van der Waals surface area contributed by atoms with E-state index in [1.54, 1.807) is 24.3 Å². The molecular formula is C22H23N3O5S. The lowest BCUT2D eigenvalue weighted by atomic mass is 10.3. The van der Waals surface area contributed by atoms with Crippen molar-refractivity contribution < 1.29 is 23.9 Å². The molecule has 9 heteroatoms. The number of anilines is 1. The highest BCUT2D eigenvalue weighted by atomic mass is 32.1. The van der Waals surface area contributed by atoms with Gasteiger partial charge >= 0.3 is 5.97 Å².